The quantitative estimate of drug-likeness (QED) is 0.505. The highest BCUT2D eigenvalue weighted by Crippen LogP contribution is 2.42. The summed E-state index contributed by atoms with van der Waals surface area (Å²) >= 11 is 0. The van der Waals surface area contributed by atoms with Crippen LogP contribution in [0, 0.1) is 0 Å². The lowest BCUT2D eigenvalue weighted by atomic mass is 9.92. The minimum atomic E-state index is -1.30. The Bertz CT molecular complexity index is 1110. The number of hydrogen-bond acceptors (Lipinski definition) is 6. The number of rotatable bonds is 4. The van der Waals surface area contributed by atoms with E-state index >= 15 is 0 Å². The van der Waals surface area contributed by atoms with Crippen LogP contribution in [0.2, 0.25) is 0 Å². The fraction of sp³-hybridized carbons (Fsp3) is 0.0833. The van der Waals surface area contributed by atoms with Gasteiger partial charge in [-0.15, -0.1) is 0 Å². The van der Waals surface area contributed by atoms with E-state index in [2.05, 4.69) is 0 Å². The van der Waals surface area contributed by atoms with E-state index in [1.165, 1.54) is 12.1 Å². The topological polar surface area (TPSA) is 93.1 Å². The number of phenols is 2. The first-order valence-corrected chi connectivity index (χ1v) is 9.28. The number of carbonyl (C=O) groups is 2. The van der Waals surface area contributed by atoms with Crippen LogP contribution in [0.4, 0.5) is 0 Å². The second-order valence-corrected chi connectivity index (χ2v) is 6.75. The van der Waals surface area contributed by atoms with Crippen molar-refractivity contribution in [3.8, 4) is 17.2 Å². The Hall–Kier alpha value is -4.06. The van der Waals surface area contributed by atoms with E-state index in [4.69, 9.17) is 9.47 Å². The van der Waals surface area contributed by atoms with Gasteiger partial charge in [0.1, 0.15) is 22.8 Å². The molecule has 0 aliphatic carbocycles. The van der Waals surface area contributed by atoms with Crippen LogP contribution in [-0.2, 0) is 9.53 Å². The number of phenolic OH excluding ortho intramolecular Hbond substituents is 2. The molecule has 2 atom stereocenters. The predicted octanol–water partition coefficient (Wildman–Crippen LogP) is 4.04. The van der Waals surface area contributed by atoms with Crippen molar-refractivity contribution in [2.45, 2.75) is 12.2 Å². The Balaban J connectivity index is 1.66. The molecule has 0 bridgehead atoms. The fourth-order valence-corrected chi connectivity index (χ4v) is 3.30. The van der Waals surface area contributed by atoms with Gasteiger partial charge in [-0.05, 0) is 17.2 Å². The number of ketones is 1. The van der Waals surface area contributed by atoms with E-state index in [0.29, 0.717) is 5.56 Å². The zero-order valence-corrected chi connectivity index (χ0v) is 15.8. The molecule has 0 unspecified atom stereocenters. The van der Waals surface area contributed by atoms with Crippen molar-refractivity contribution in [3.05, 3.63) is 95.6 Å². The third-order valence-corrected chi connectivity index (χ3v) is 4.68. The molecule has 6 nitrogen and oxygen atoms in total. The van der Waals surface area contributed by atoms with Gasteiger partial charge in [0, 0.05) is 18.2 Å². The molecule has 0 amide bonds. The molecule has 1 heterocycles. The number of Topliss-reactive ketones (excluding diaryl/α,β-unsaturated/α-hetero) is 1. The number of aromatic hydroxyl groups is 2. The van der Waals surface area contributed by atoms with Crippen molar-refractivity contribution in [1.29, 1.82) is 0 Å². The summed E-state index contributed by atoms with van der Waals surface area (Å²) in [6.45, 7) is 0. The molecular formula is C24H18O6. The van der Waals surface area contributed by atoms with Crippen molar-refractivity contribution < 1.29 is 29.3 Å². The number of carbonyl (C=O) groups excluding carboxylic acids is 2. The molecule has 30 heavy (non-hydrogen) atoms. The Morgan fingerprint density at radius 2 is 1.63 bits per heavy atom. The van der Waals surface area contributed by atoms with E-state index in [-0.39, 0.29) is 17.1 Å². The van der Waals surface area contributed by atoms with Gasteiger partial charge in [0.05, 0.1) is 0 Å². The van der Waals surface area contributed by atoms with Crippen molar-refractivity contribution in [2.24, 2.45) is 0 Å². The minimum Gasteiger partial charge on any atom is -0.508 e. The Morgan fingerprint density at radius 3 is 2.33 bits per heavy atom. The summed E-state index contributed by atoms with van der Waals surface area (Å²) in [5.74, 6) is -1.99. The van der Waals surface area contributed by atoms with Gasteiger partial charge < -0.3 is 19.7 Å². The standard InChI is InChI=1S/C24H18O6/c25-17-13-18(26)21-19(14-17)29-23(16-9-5-2-6-10-16)24(22(21)28)30-20(27)12-11-15-7-3-1-4-8-15/h1-14,23-26H/b12-11+/t23-,24-/m1/s1. The largest absolute Gasteiger partial charge is 0.508 e. The number of benzene rings is 3. The summed E-state index contributed by atoms with van der Waals surface area (Å²) in [5.41, 5.74) is 1.28. The number of hydrogen-bond donors (Lipinski definition) is 2. The van der Waals surface area contributed by atoms with Crippen LogP contribution in [0.15, 0.2) is 78.9 Å². The molecule has 3 aromatic carbocycles. The van der Waals surface area contributed by atoms with Crippen molar-refractivity contribution in [1.82, 2.24) is 0 Å². The monoisotopic (exact) mass is 402 g/mol. The van der Waals surface area contributed by atoms with Gasteiger partial charge >= 0.3 is 5.97 Å². The normalized spacial score (nSPS) is 17.9. The molecule has 1 aliphatic rings. The molecule has 0 radical (unpaired) electrons. The molecule has 1 aliphatic heterocycles. The summed E-state index contributed by atoms with van der Waals surface area (Å²) in [7, 11) is 0. The Morgan fingerprint density at radius 1 is 0.967 bits per heavy atom. The molecule has 3 aromatic rings. The van der Waals surface area contributed by atoms with Gasteiger partial charge in [-0.3, -0.25) is 4.79 Å². The number of ether oxygens (including phenoxy) is 2. The fourth-order valence-electron chi connectivity index (χ4n) is 3.30. The van der Waals surface area contributed by atoms with Crippen LogP contribution < -0.4 is 4.74 Å². The molecule has 6 heteroatoms. The van der Waals surface area contributed by atoms with Gasteiger partial charge in [0.2, 0.25) is 11.9 Å². The van der Waals surface area contributed by atoms with Gasteiger partial charge in [-0.1, -0.05) is 60.7 Å². The summed E-state index contributed by atoms with van der Waals surface area (Å²) < 4.78 is 11.3. The van der Waals surface area contributed by atoms with Crippen LogP contribution in [-0.4, -0.2) is 28.1 Å². The highest BCUT2D eigenvalue weighted by molar-refractivity contribution is 6.07. The summed E-state index contributed by atoms with van der Waals surface area (Å²) in [5, 5.41) is 19.9. The molecule has 0 aromatic heterocycles. The van der Waals surface area contributed by atoms with Crippen LogP contribution >= 0.6 is 0 Å². The first kappa shape index (κ1) is 19.3. The molecule has 0 spiro atoms. The molecule has 0 saturated carbocycles. The van der Waals surface area contributed by atoms with Gasteiger partial charge in [0.25, 0.3) is 0 Å². The van der Waals surface area contributed by atoms with E-state index in [0.717, 1.165) is 11.6 Å². The molecule has 0 fully saturated rings. The van der Waals surface area contributed by atoms with Gasteiger partial charge in [-0.25, -0.2) is 4.79 Å². The third-order valence-electron chi connectivity index (χ3n) is 4.68. The molecule has 4 rings (SSSR count). The lowest BCUT2D eigenvalue weighted by Crippen LogP contribution is -2.39. The Kier molecular flexibility index (Phi) is 5.22. The second-order valence-electron chi connectivity index (χ2n) is 6.75. The summed E-state index contributed by atoms with van der Waals surface area (Å²) in [4.78, 5) is 25.6. The molecular weight excluding hydrogens is 384 g/mol. The van der Waals surface area contributed by atoms with Crippen LogP contribution in [0.25, 0.3) is 6.08 Å². The Labute approximate surface area is 172 Å². The first-order valence-electron chi connectivity index (χ1n) is 9.28. The lowest BCUT2D eigenvalue weighted by molar-refractivity contribution is -0.145. The lowest BCUT2D eigenvalue weighted by Gasteiger charge is -2.32. The van der Waals surface area contributed by atoms with Crippen LogP contribution in [0.1, 0.15) is 27.6 Å². The molecule has 150 valence electrons. The summed E-state index contributed by atoms with van der Waals surface area (Å²) in [6, 6.07) is 20.3. The minimum absolute atomic E-state index is 0.0264. The van der Waals surface area contributed by atoms with Gasteiger partial charge in [-0.2, -0.15) is 0 Å². The SMILES string of the molecule is O=C(/C=C/c1ccccc1)O[C@@H]1C(=O)c2c(O)cc(O)cc2O[C@@H]1c1ccccc1. The van der Waals surface area contributed by atoms with Crippen LogP contribution in [0.5, 0.6) is 17.2 Å². The zero-order chi connectivity index (χ0) is 21.1. The van der Waals surface area contributed by atoms with E-state index in [1.807, 2.05) is 36.4 Å². The highest BCUT2D eigenvalue weighted by atomic mass is 16.6. The number of fused-ring (bicyclic) bond motifs is 1. The van der Waals surface area contributed by atoms with E-state index in [9.17, 15) is 19.8 Å². The second kappa shape index (κ2) is 8.13. The zero-order valence-electron chi connectivity index (χ0n) is 15.8. The maximum absolute atomic E-state index is 13.1. The predicted molar refractivity (Wildman–Crippen MR) is 109 cm³/mol. The molecule has 0 saturated heterocycles. The highest BCUT2D eigenvalue weighted by Gasteiger charge is 2.42. The number of esters is 1. The van der Waals surface area contributed by atoms with Crippen molar-refractivity contribution in [3.63, 3.8) is 0 Å². The molecule has 2 N–H and O–H groups in total. The van der Waals surface area contributed by atoms with E-state index in [1.54, 1.807) is 30.3 Å². The first-order chi connectivity index (χ1) is 14.5. The summed E-state index contributed by atoms with van der Waals surface area (Å²) in [6.07, 6.45) is 0.582. The van der Waals surface area contributed by atoms with Crippen molar-refractivity contribution >= 4 is 17.8 Å². The maximum Gasteiger partial charge on any atom is 0.331 e. The van der Waals surface area contributed by atoms with Gasteiger partial charge in [0.15, 0.2) is 6.10 Å². The van der Waals surface area contributed by atoms with Crippen molar-refractivity contribution in [2.75, 3.05) is 0 Å². The average molecular weight is 402 g/mol. The van der Waals surface area contributed by atoms with Crippen LogP contribution in [0.3, 0.4) is 0 Å². The average Bonchev–Trinajstić information content (AvgIpc) is 2.75. The smallest absolute Gasteiger partial charge is 0.331 e. The third kappa shape index (κ3) is 3.89. The van der Waals surface area contributed by atoms with E-state index < -0.39 is 29.7 Å². The maximum atomic E-state index is 13.1.